The Morgan fingerprint density at radius 2 is 1.79 bits per heavy atom. The summed E-state index contributed by atoms with van der Waals surface area (Å²) in [5.74, 6) is -0.509. The first-order valence-corrected chi connectivity index (χ1v) is 11.7. The van der Waals surface area contributed by atoms with E-state index in [4.69, 9.17) is 11.6 Å². The summed E-state index contributed by atoms with van der Waals surface area (Å²) in [5.41, 5.74) is 4.31. The number of fused-ring (bicyclic) bond motifs is 1. The molecule has 0 saturated carbocycles. The summed E-state index contributed by atoms with van der Waals surface area (Å²) in [4.78, 5) is 41.4. The van der Waals surface area contributed by atoms with Gasteiger partial charge in [-0.15, -0.1) is 0 Å². The second kappa shape index (κ2) is 9.31. The average molecular weight is 474 g/mol. The van der Waals surface area contributed by atoms with Crippen LogP contribution in [0.3, 0.4) is 0 Å². The van der Waals surface area contributed by atoms with Crippen LogP contribution in [-0.4, -0.2) is 30.3 Å². The van der Waals surface area contributed by atoms with Gasteiger partial charge in [0.25, 0.3) is 5.91 Å². The number of hydrogen-bond acceptors (Lipinski definition) is 4. The van der Waals surface area contributed by atoms with E-state index in [9.17, 15) is 14.4 Å². The van der Waals surface area contributed by atoms with Crippen molar-refractivity contribution in [3.8, 4) is 0 Å². The van der Waals surface area contributed by atoms with Crippen molar-refractivity contribution in [1.82, 2.24) is 0 Å². The van der Waals surface area contributed by atoms with Crippen molar-refractivity contribution in [2.24, 2.45) is 0 Å². The zero-order chi connectivity index (χ0) is 23.7. The summed E-state index contributed by atoms with van der Waals surface area (Å²) in [5, 5.41) is 3.62. The largest absolute Gasteiger partial charge is 0.373 e. The molecule has 1 N–H and O–H groups in total. The number of anilines is 3. The Balaban J connectivity index is 1.23. The Morgan fingerprint density at radius 1 is 1.00 bits per heavy atom. The molecule has 3 aromatic carbocycles. The number of nitrogens with zero attached hydrogens (tertiary/aromatic N) is 2. The van der Waals surface area contributed by atoms with Crippen molar-refractivity contribution in [3.05, 3.63) is 88.9 Å². The van der Waals surface area contributed by atoms with Crippen LogP contribution in [0.25, 0.3) is 0 Å². The van der Waals surface area contributed by atoms with E-state index in [0.717, 1.165) is 36.3 Å². The van der Waals surface area contributed by atoms with Crippen LogP contribution in [0.4, 0.5) is 17.1 Å². The molecule has 1 unspecified atom stereocenters. The predicted molar refractivity (Wildman–Crippen MR) is 133 cm³/mol. The number of nitrogens with one attached hydrogen (secondary N) is 1. The maximum atomic E-state index is 13.0. The van der Waals surface area contributed by atoms with Gasteiger partial charge in [-0.1, -0.05) is 48.0 Å². The van der Waals surface area contributed by atoms with Gasteiger partial charge in [0.05, 0.1) is 18.5 Å². The van der Waals surface area contributed by atoms with Crippen LogP contribution >= 0.6 is 11.6 Å². The first-order valence-electron chi connectivity index (χ1n) is 11.4. The van der Waals surface area contributed by atoms with E-state index in [2.05, 4.69) is 11.4 Å². The molecule has 6 nitrogen and oxygen atoms in total. The molecule has 2 aliphatic rings. The summed E-state index contributed by atoms with van der Waals surface area (Å²) in [6.45, 7) is 0.733. The summed E-state index contributed by atoms with van der Waals surface area (Å²) in [6, 6.07) is 21.6. The van der Waals surface area contributed by atoms with Crippen molar-refractivity contribution < 1.29 is 14.4 Å². The molecule has 3 amide bonds. The standard InChI is InChI=1S/C27H24ClN3O3/c28-20-7-3-8-22(16-20)31-26(33)17-23(27(31)34)29-21-12-10-18(11-13-21)15-25(32)30-14-4-6-19-5-1-2-9-24(19)30/h1-3,5,7-13,16,23,29H,4,6,14-15,17H2. The molecule has 1 saturated heterocycles. The summed E-state index contributed by atoms with van der Waals surface area (Å²) in [7, 11) is 0. The van der Waals surface area contributed by atoms with Gasteiger partial charge in [-0.25, -0.2) is 4.90 Å². The molecule has 2 aliphatic heterocycles. The number of benzene rings is 3. The third kappa shape index (κ3) is 4.41. The van der Waals surface area contributed by atoms with Gasteiger partial charge in [0.2, 0.25) is 11.8 Å². The van der Waals surface area contributed by atoms with Crippen LogP contribution in [0, 0.1) is 0 Å². The maximum Gasteiger partial charge on any atom is 0.256 e. The molecule has 1 atom stereocenters. The lowest BCUT2D eigenvalue weighted by atomic mass is 10.0. The van der Waals surface area contributed by atoms with Crippen LogP contribution in [-0.2, 0) is 27.2 Å². The third-order valence-electron chi connectivity index (χ3n) is 6.27. The number of imide groups is 1. The molecular weight excluding hydrogens is 450 g/mol. The molecule has 0 aromatic heterocycles. The van der Waals surface area contributed by atoms with E-state index in [1.165, 1.54) is 10.5 Å². The molecule has 2 heterocycles. The van der Waals surface area contributed by atoms with Crippen LogP contribution in [0.15, 0.2) is 72.8 Å². The van der Waals surface area contributed by atoms with Gasteiger partial charge in [0.15, 0.2) is 0 Å². The van der Waals surface area contributed by atoms with E-state index in [1.54, 1.807) is 24.3 Å². The fourth-order valence-corrected chi connectivity index (χ4v) is 4.80. The minimum Gasteiger partial charge on any atom is -0.373 e. The molecule has 34 heavy (non-hydrogen) atoms. The zero-order valence-electron chi connectivity index (χ0n) is 18.5. The summed E-state index contributed by atoms with van der Waals surface area (Å²) < 4.78 is 0. The number of amides is 3. The van der Waals surface area contributed by atoms with Crippen LogP contribution in [0.5, 0.6) is 0 Å². The molecule has 0 spiro atoms. The number of rotatable bonds is 5. The Bertz CT molecular complexity index is 1260. The monoisotopic (exact) mass is 473 g/mol. The molecule has 3 aromatic rings. The van der Waals surface area contributed by atoms with Crippen LogP contribution in [0.2, 0.25) is 5.02 Å². The van der Waals surface area contributed by atoms with E-state index in [-0.39, 0.29) is 24.1 Å². The van der Waals surface area contributed by atoms with E-state index < -0.39 is 6.04 Å². The zero-order valence-corrected chi connectivity index (χ0v) is 19.3. The molecule has 1 fully saturated rings. The average Bonchev–Trinajstić information content (AvgIpc) is 3.12. The third-order valence-corrected chi connectivity index (χ3v) is 6.51. The van der Waals surface area contributed by atoms with Gasteiger partial charge >= 0.3 is 0 Å². The number of halogens is 1. The number of aryl methyl sites for hydroxylation is 1. The smallest absolute Gasteiger partial charge is 0.256 e. The van der Waals surface area contributed by atoms with Crippen molar-refractivity contribution >= 4 is 46.4 Å². The Hall–Kier alpha value is -3.64. The lowest BCUT2D eigenvalue weighted by Crippen LogP contribution is -2.36. The predicted octanol–water partition coefficient (Wildman–Crippen LogP) is 4.61. The highest BCUT2D eigenvalue weighted by Gasteiger charge is 2.39. The first kappa shape index (κ1) is 22.2. The molecule has 0 radical (unpaired) electrons. The van der Waals surface area contributed by atoms with Gasteiger partial charge in [0, 0.05) is 22.9 Å². The van der Waals surface area contributed by atoms with Crippen LogP contribution < -0.4 is 15.1 Å². The highest BCUT2D eigenvalue weighted by Crippen LogP contribution is 2.29. The highest BCUT2D eigenvalue weighted by molar-refractivity contribution is 6.31. The van der Waals surface area contributed by atoms with E-state index in [1.807, 2.05) is 47.4 Å². The summed E-state index contributed by atoms with van der Waals surface area (Å²) in [6.07, 6.45) is 2.33. The van der Waals surface area contributed by atoms with Crippen molar-refractivity contribution in [2.45, 2.75) is 31.7 Å². The number of carbonyl (C=O) groups excluding carboxylic acids is 3. The van der Waals surface area contributed by atoms with Gasteiger partial charge in [0.1, 0.15) is 6.04 Å². The number of hydrogen-bond donors (Lipinski definition) is 1. The van der Waals surface area contributed by atoms with Crippen LogP contribution in [0.1, 0.15) is 24.0 Å². The second-order valence-electron chi connectivity index (χ2n) is 8.60. The van der Waals surface area contributed by atoms with Crippen molar-refractivity contribution in [2.75, 3.05) is 21.7 Å². The fraction of sp³-hybridized carbons (Fsp3) is 0.222. The van der Waals surface area contributed by atoms with Crippen molar-refractivity contribution in [1.29, 1.82) is 0 Å². The Morgan fingerprint density at radius 3 is 2.59 bits per heavy atom. The Kier molecular flexibility index (Phi) is 6.07. The number of para-hydroxylation sites is 1. The molecule has 172 valence electrons. The lowest BCUT2D eigenvalue weighted by molar-refractivity contribution is -0.121. The van der Waals surface area contributed by atoms with Gasteiger partial charge in [-0.2, -0.15) is 0 Å². The molecule has 7 heteroatoms. The molecule has 0 bridgehead atoms. The normalized spacial score (nSPS) is 17.6. The van der Waals surface area contributed by atoms with Gasteiger partial charge < -0.3 is 10.2 Å². The minimum atomic E-state index is -0.649. The molecule has 0 aliphatic carbocycles. The molecule has 5 rings (SSSR count). The van der Waals surface area contributed by atoms with Crippen molar-refractivity contribution in [3.63, 3.8) is 0 Å². The van der Waals surface area contributed by atoms with E-state index >= 15 is 0 Å². The Labute approximate surface area is 203 Å². The lowest BCUT2D eigenvalue weighted by Gasteiger charge is -2.29. The van der Waals surface area contributed by atoms with Gasteiger partial charge in [-0.05, 0) is 60.4 Å². The minimum absolute atomic E-state index is 0.0694. The quantitative estimate of drug-likeness (QED) is 0.549. The highest BCUT2D eigenvalue weighted by atomic mass is 35.5. The maximum absolute atomic E-state index is 13.0. The van der Waals surface area contributed by atoms with Gasteiger partial charge in [-0.3, -0.25) is 14.4 Å². The summed E-state index contributed by atoms with van der Waals surface area (Å²) >= 11 is 6.02. The topological polar surface area (TPSA) is 69.7 Å². The SMILES string of the molecule is O=C(Cc1ccc(NC2CC(=O)N(c3cccc(Cl)c3)C2=O)cc1)N1CCCc2ccccc21. The fourth-order valence-electron chi connectivity index (χ4n) is 4.61. The first-order chi connectivity index (χ1) is 16.5. The second-order valence-corrected chi connectivity index (χ2v) is 9.04. The molecular formula is C27H24ClN3O3. The van der Waals surface area contributed by atoms with E-state index in [0.29, 0.717) is 17.1 Å². The number of carbonyl (C=O) groups is 3.